The molecule has 0 radical (unpaired) electrons. The van der Waals surface area contributed by atoms with E-state index in [2.05, 4.69) is 19.2 Å². The summed E-state index contributed by atoms with van der Waals surface area (Å²) in [4.78, 5) is 0. The molecule has 2 nitrogen and oxygen atoms in total. The summed E-state index contributed by atoms with van der Waals surface area (Å²) >= 11 is 0. The molecule has 2 N–H and O–H groups in total. The summed E-state index contributed by atoms with van der Waals surface area (Å²) in [6.07, 6.45) is 1.11. The molecule has 82 valence electrons. The number of phenols is 1. The molecule has 0 aromatic heterocycles. The third kappa shape index (κ3) is 2.00. The highest BCUT2D eigenvalue weighted by Gasteiger charge is 2.39. The van der Waals surface area contributed by atoms with Crippen molar-refractivity contribution in [3.05, 3.63) is 29.8 Å². The molecule has 2 rings (SSSR count). The van der Waals surface area contributed by atoms with Crippen LogP contribution < -0.4 is 5.32 Å². The Morgan fingerprint density at radius 3 is 2.27 bits per heavy atom. The molecule has 1 heterocycles. The molecule has 1 fully saturated rings. The van der Waals surface area contributed by atoms with Crippen LogP contribution in [0.15, 0.2) is 24.3 Å². The molecular weight excluding hydrogens is 186 g/mol. The lowest BCUT2D eigenvalue weighted by molar-refractivity contribution is 0.0994. The van der Waals surface area contributed by atoms with E-state index in [0.717, 1.165) is 19.5 Å². The van der Waals surface area contributed by atoms with Gasteiger partial charge in [0.05, 0.1) is 0 Å². The maximum absolute atomic E-state index is 9.22. The molecule has 0 amide bonds. The average molecular weight is 205 g/mol. The lowest BCUT2D eigenvalue weighted by atomic mass is 9.68. The molecule has 15 heavy (non-hydrogen) atoms. The van der Waals surface area contributed by atoms with Gasteiger partial charge in [0.25, 0.3) is 0 Å². The zero-order valence-corrected chi connectivity index (χ0v) is 9.46. The van der Waals surface area contributed by atoms with Crippen LogP contribution in [-0.2, 0) is 6.42 Å². The Morgan fingerprint density at radius 2 is 1.87 bits per heavy atom. The molecule has 2 heteroatoms. The van der Waals surface area contributed by atoms with Crippen molar-refractivity contribution in [2.45, 2.75) is 20.3 Å². The fraction of sp³-hybridized carbons (Fsp3) is 0.538. The predicted octanol–water partition coefficient (Wildman–Crippen LogP) is 2.18. The van der Waals surface area contributed by atoms with Crippen molar-refractivity contribution >= 4 is 0 Å². The van der Waals surface area contributed by atoms with E-state index >= 15 is 0 Å². The van der Waals surface area contributed by atoms with E-state index in [-0.39, 0.29) is 0 Å². The van der Waals surface area contributed by atoms with Gasteiger partial charge in [0.15, 0.2) is 0 Å². The summed E-state index contributed by atoms with van der Waals surface area (Å²) in [6.45, 7) is 6.82. The van der Waals surface area contributed by atoms with Gasteiger partial charge >= 0.3 is 0 Å². The van der Waals surface area contributed by atoms with Crippen LogP contribution in [0.5, 0.6) is 5.75 Å². The van der Waals surface area contributed by atoms with Crippen LogP contribution in [-0.4, -0.2) is 18.2 Å². The van der Waals surface area contributed by atoms with Gasteiger partial charge < -0.3 is 10.4 Å². The summed E-state index contributed by atoms with van der Waals surface area (Å²) in [7, 11) is 0. The van der Waals surface area contributed by atoms with Crippen molar-refractivity contribution in [1.82, 2.24) is 5.32 Å². The number of benzene rings is 1. The Morgan fingerprint density at radius 1 is 1.27 bits per heavy atom. The van der Waals surface area contributed by atoms with Gasteiger partial charge in [-0.25, -0.2) is 0 Å². The largest absolute Gasteiger partial charge is 0.508 e. The molecule has 0 bridgehead atoms. The Kier molecular flexibility index (Phi) is 2.70. The van der Waals surface area contributed by atoms with Crippen LogP contribution in [0.4, 0.5) is 0 Å². The Bertz CT molecular complexity index is 325. The van der Waals surface area contributed by atoms with Gasteiger partial charge in [-0.15, -0.1) is 0 Å². The smallest absolute Gasteiger partial charge is 0.115 e. The number of nitrogens with one attached hydrogen (secondary N) is 1. The Hall–Kier alpha value is -1.02. The summed E-state index contributed by atoms with van der Waals surface area (Å²) in [6, 6.07) is 7.60. The summed E-state index contributed by atoms with van der Waals surface area (Å²) in [5, 5.41) is 12.6. The molecular formula is C13H19NO. The van der Waals surface area contributed by atoms with Crippen molar-refractivity contribution in [2.24, 2.45) is 11.3 Å². The van der Waals surface area contributed by atoms with E-state index in [4.69, 9.17) is 0 Å². The fourth-order valence-electron chi connectivity index (χ4n) is 2.20. The summed E-state index contributed by atoms with van der Waals surface area (Å²) in [5.41, 5.74) is 1.75. The van der Waals surface area contributed by atoms with Crippen molar-refractivity contribution in [3.63, 3.8) is 0 Å². The zero-order chi connectivity index (χ0) is 10.9. The number of rotatable bonds is 3. The first-order valence-electron chi connectivity index (χ1n) is 5.61. The monoisotopic (exact) mass is 205 g/mol. The van der Waals surface area contributed by atoms with Crippen LogP contribution in [0.3, 0.4) is 0 Å². The first-order valence-corrected chi connectivity index (χ1v) is 5.61. The molecule has 1 saturated heterocycles. The quantitative estimate of drug-likeness (QED) is 0.792. The highest BCUT2D eigenvalue weighted by Crippen LogP contribution is 2.35. The van der Waals surface area contributed by atoms with Gasteiger partial charge in [-0.2, -0.15) is 0 Å². The molecule has 0 spiro atoms. The van der Waals surface area contributed by atoms with Gasteiger partial charge in [0, 0.05) is 18.5 Å². The normalized spacial score (nSPS) is 18.9. The Labute approximate surface area is 91.3 Å². The number of hydrogen-bond donors (Lipinski definition) is 2. The van der Waals surface area contributed by atoms with Crippen molar-refractivity contribution < 1.29 is 5.11 Å². The molecule has 0 aliphatic carbocycles. The standard InChI is InChI=1S/C13H19NO/c1-10(2)13(8-14-9-13)7-11-3-5-12(15)6-4-11/h3-6,10,14-15H,7-9H2,1-2H3. The summed E-state index contributed by atoms with van der Waals surface area (Å²) < 4.78 is 0. The lowest BCUT2D eigenvalue weighted by Crippen LogP contribution is -2.57. The molecule has 1 aromatic carbocycles. The van der Waals surface area contributed by atoms with E-state index in [0.29, 0.717) is 17.1 Å². The number of phenolic OH excluding ortho intramolecular Hbond substituents is 1. The highest BCUT2D eigenvalue weighted by molar-refractivity contribution is 5.27. The van der Waals surface area contributed by atoms with Gasteiger partial charge in [0.2, 0.25) is 0 Å². The van der Waals surface area contributed by atoms with Crippen molar-refractivity contribution in [2.75, 3.05) is 13.1 Å². The van der Waals surface area contributed by atoms with Gasteiger partial charge in [-0.05, 0) is 30.0 Å². The minimum atomic E-state index is 0.351. The van der Waals surface area contributed by atoms with Crippen LogP contribution in [0.25, 0.3) is 0 Å². The highest BCUT2D eigenvalue weighted by atomic mass is 16.3. The van der Waals surface area contributed by atoms with Crippen LogP contribution in [0.1, 0.15) is 19.4 Å². The van der Waals surface area contributed by atoms with Crippen molar-refractivity contribution in [1.29, 1.82) is 0 Å². The predicted molar refractivity (Wildman–Crippen MR) is 62.0 cm³/mol. The van der Waals surface area contributed by atoms with E-state index in [1.54, 1.807) is 12.1 Å². The summed E-state index contributed by atoms with van der Waals surface area (Å²) in [5.74, 6) is 1.05. The first-order chi connectivity index (χ1) is 7.12. The SMILES string of the molecule is CC(C)C1(Cc2ccc(O)cc2)CNC1. The van der Waals surface area contributed by atoms with Gasteiger partial charge in [0.1, 0.15) is 5.75 Å². The molecule has 0 unspecified atom stereocenters. The molecule has 1 aliphatic heterocycles. The molecule has 0 saturated carbocycles. The maximum Gasteiger partial charge on any atom is 0.115 e. The third-order valence-corrected chi connectivity index (χ3v) is 3.67. The van der Waals surface area contributed by atoms with E-state index in [1.807, 2.05) is 12.1 Å². The Balaban J connectivity index is 2.10. The average Bonchev–Trinajstić information content (AvgIpc) is 2.13. The molecule has 0 atom stereocenters. The van der Waals surface area contributed by atoms with Gasteiger partial charge in [-0.1, -0.05) is 26.0 Å². The number of hydrogen-bond acceptors (Lipinski definition) is 2. The van der Waals surface area contributed by atoms with Crippen LogP contribution >= 0.6 is 0 Å². The lowest BCUT2D eigenvalue weighted by Gasteiger charge is -2.46. The van der Waals surface area contributed by atoms with Crippen molar-refractivity contribution in [3.8, 4) is 5.75 Å². The topological polar surface area (TPSA) is 32.3 Å². The van der Waals surface area contributed by atoms with Crippen LogP contribution in [0, 0.1) is 11.3 Å². The first kappa shape index (κ1) is 10.5. The second-order valence-electron chi connectivity index (χ2n) is 4.96. The molecule has 1 aromatic rings. The minimum Gasteiger partial charge on any atom is -0.508 e. The molecule has 1 aliphatic rings. The minimum absolute atomic E-state index is 0.351. The maximum atomic E-state index is 9.22. The second kappa shape index (κ2) is 3.86. The number of aromatic hydroxyl groups is 1. The van der Waals surface area contributed by atoms with E-state index < -0.39 is 0 Å². The van der Waals surface area contributed by atoms with Gasteiger partial charge in [-0.3, -0.25) is 0 Å². The second-order valence-corrected chi connectivity index (χ2v) is 4.96. The zero-order valence-electron chi connectivity index (χ0n) is 9.46. The third-order valence-electron chi connectivity index (χ3n) is 3.67. The fourth-order valence-corrected chi connectivity index (χ4v) is 2.20. The van der Waals surface area contributed by atoms with Crippen LogP contribution in [0.2, 0.25) is 0 Å². The van der Waals surface area contributed by atoms with E-state index in [9.17, 15) is 5.11 Å². The van der Waals surface area contributed by atoms with E-state index in [1.165, 1.54) is 5.56 Å².